The van der Waals surface area contributed by atoms with Crippen LogP contribution in [0.2, 0.25) is 0 Å². The number of benzene rings is 1. The molecule has 0 radical (unpaired) electrons. The molecule has 1 amide bonds. The van der Waals surface area contributed by atoms with Crippen LogP contribution in [0.5, 0.6) is 17.2 Å². The molecule has 2 aliphatic heterocycles. The van der Waals surface area contributed by atoms with Crippen molar-refractivity contribution in [1.82, 2.24) is 9.88 Å². The Kier molecular flexibility index (Phi) is 4.69. The molecule has 7 heteroatoms. The summed E-state index contributed by atoms with van der Waals surface area (Å²) in [5, 5.41) is 0. The average molecular weight is 358 g/mol. The van der Waals surface area contributed by atoms with Gasteiger partial charge in [0.1, 0.15) is 12.0 Å². The van der Waals surface area contributed by atoms with Crippen LogP contribution in [-0.4, -0.2) is 35.2 Å². The van der Waals surface area contributed by atoms with E-state index >= 15 is 0 Å². The first kappa shape index (κ1) is 16.8. The van der Waals surface area contributed by atoms with Crippen LogP contribution >= 0.6 is 0 Å². The van der Waals surface area contributed by atoms with Gasteiger partial charge < -0.3 is 23.5 Å². The third-order valence-electron chi connectivity index (χ3n) is 4.84. The maximum Gasteiger partial charge on any atom is 0.276 e. The van der Waals surface area contributed by atoms with Gasteiger partial charge in [-0.1, -0.05) is 6.92 Å². The number of amides is 1. The fourth-order valence-corrected chi connectivity index (χ4v) is 3.43. The Morgan fingerprint density at radius 3 is 3.08 bits per heavy atom. The molecule has 1 fully saturated rings. The summed E-state index contributed by atoms with van der Waals surface area (Å²) in [7, 11) is 0. The summed E-state index contributed by atoms with van der Waals surface area (Å²) < 4.78 is 21.7. The lowest BCUT2D eigenvalue weighted by Gasteiger charge is -2.34. The Bertz CT molecular complexity index is 788. The van der Waals surface area contributed by atoms with Crippen LogP contribution in [0.4, 0.5) is 0 Å². The van der Waals surface area contributed by atoms with E-state index in [2.05, 4.69) is 11.9 Å². The predicted molar refractivity (Wildman–Crippen MR) is 92.4 cm³/mol. The van der Waals surface area contributed by atoms with Gasteiger partial charge in [0.15, 0.2) is 23.8 Å². The molecule has 1 saturated heterocycles. The summed E-state index contributed by atoms with van der Waals surface area (Å²) in [6, 6.07) is 5.64. The van der Waals surface area contributed by atoms with Crippen molar-refractivity contribution in [3.8, 4) is 17.2 Å². The Morgan fingerprint density at radius 1 is 1.31 bits per heavy atom. The van der Waals surface area contributed by atoms with Crippen molar-refractivity contribution in [2.24, 2.45) is 0 Å². The number of ether oxygens (including phenoxy) is 3. The number of oxazole rings is 1. The van der Waals surface area contributed by atoms with Gasteiger partial charge in [0.25, 0.3) is 5.91 Å². The maximum absolute atomic E-state index is 12.7. The van der Waals surface area contributed by atoms with Crippen molar-refractivity contribution in [2.45, 2.75) is 45.3 Å². The lowest BCUT2D eigenvalue weighted by atomic mass is 10.00. The molecule has 2 aromatic rings. The zero-order valence-electron chi connectivity index (χ0n) is 14.8. The molecule has 3 heterocycles. The first-order valence-corrected chi connectivity index (χ1v) is 9.02. The molecule has 0 spiro atoms. The zero-order chi connectivity index (χ0) is 17.9. The molecule has 0 bridgehead atoms. The van der Waals surface area contributed by atoms with Crippen molar-refractivity contribution < 1.29 is 23.4 Å². The SMILES string of the molecule is CCC1CCCCN1C(=O)c1coc(COc2ccc3c(c2)OCO3)n1. The van der Waals surface area contributed by atoms with Gasteiger partial charge in [-0.25, -0.2) is 4.98 Å². The molecular weight excluding hydrogens is 336 g/mol. The second-order valence-electron chi connectivity index (χ2n) is 6.49. The number of hydrogen-bond donors (Lipinski definition) is 0. The molecule has 2 aliphatic rings. The molecule has 4 rings (SSSR count). The quantitative estimate of drug-likeness (QED) is 0.816. The predicted octanol–water partition coefficient (Wildman–Crippen LogP) is 3.39. The van der Waals surface area contributed by atoms with E-state index in [1.807, 2.05) is 4.90 Å². The highest BCUT2D eigenvalue weighted by molar-refractivity contribution is 5.92. The standard InChI is InChI=1S/C19H22N2O5/c1-2-13-5-3-4-8-21(13)19(22)15-10-24-18(20-15)11-23-14-6-7-16-17(9-14)26-12-25-16/h6-7,9-10,13H,2-5,8,11-12H2,1H3. The van der Waals surface area contributed by atoms with Crippen LogP contribution in [0.25, 0.3) is 0 Å². The topological polar surface area (TPSA) is 74.0 Å². The van der Waals surface area contributed by atoms with Gasteiger partial charge in [-0.2, -0.15) is 0 Å². The minimum absolute atomic E-state index is 0.0605. The summed E-state index contributed by atoms with van der Waals surface area (Å²) in [5.41, 5.74) is 0.342. The number of carbonyl (C=O) groups excluding carboxylic acids is 1. The van der Waals surface area contributed by atoms with E-state index in [-0.39, 0.29) is 19.3 Å². The molecule has 0 saturated carbocycles. The highest BCUT2D eigenvalue weighted by Gasteiger charge is 2.28. The minimum atomic E-state index is -0.0605. The summed E-state index contributed by atoms with van der Waals surface area (Å²) in [4.78, 5) is 18.9. The van der Waals surface area contributed by atoms with E-state index in [0.717, 1.165) is 25.8 Å². The molecule has 138 valence electrons. The molecule has 1 atom stereocenters. The molecule has 1 aromatic carbocycles. The second kappa shape index (κ2) is 7.27. The number of piperidine rings is 1. The Labute approximate surface area is 151 Å². The van der Waals surface area contributed by atoms with Gasteiger partial charge in [-0.15, -0.1) is 0 Å². The smallest absolute Gasteiger partial charge is 0.276 e. The number of aromatic nitrogens is 1. The largest absolute Gasteiger partial charge is 0.484 e. The maximum atomic E-state index is 12.7. The van der Waals surface area contributed by atoms with Gasteiger partial charge in [-0.05, 0) is 37.8 Å². The van der Waals surface area contributed by atoms with Gasteiger partial charge in [-0.3, -0.25) is 4.79 Å². The van der Waals surface area contributed by atoms with Crippen molar-refractivity contribution in [3.63, 3.8) is 0 Å². The van der Waals surface area contributed by atoms with Gasteiger partial charge in [0.2, 0.25) is 12.7 Å². The molecule has 1 unspecified atom stereocenters. The summed E-state index contributed by atoms with van der Waals surface area (Å²) in [5.74, 6) is 2.29. The molecule has 26 heavy (non-hydrogen) atoms. The van der Waals surface area contributed by atoms with E-state index in [1.165, 1.54) is 12.7 Å². The summed E-state index contributed by atoms with van der Waals surface area (Å²) >= 11 is 0. The Hall–Kier alpha value is -2.70. The number of fused-ring (bicyclic) bond motifs is 1. The summed E-state index contributed by atoms with van der Waals surface area (Å²) in [6.07, 6.45) is 5.65. The van der Waals surface area contributed by atoms with Crippen LogP contribution < -0.4 is 14.2 Å². The van der Waals surface area contributed by atoms with Crippen LogP contribution in [0.1, 0.15) is 49.0 Å². The highest BCUT2D eigenvalue weighted by atomic mass is 16.7. The van der Waals surface area contributed by atoms with E-state index in [0.29, 0.717) is 34.9 Å². The van der Waals surface area contributed by atoms with Crippen LogP contribution in [0.3, 0.4) is 0 Å². The first-order valence-electron chi connectivity index (χ1n) is 9.02. The van der Waals surface area contributed by atoms with Gasteiger partial charge in [0.05, 0.1) is 0 Å². The molecule has 0 aliphatic carbocycles. The lowest BCUT2D eigenvalue weighted by Crippen LogP contribution is -2.43. The minimum Gasteiger partial charge on any atom is -0.484 e. The van der Waals surface area contributed by atoms with Crippen molar-refractivity contribution in [2.75, 3.05) is 13.3 Å². The molecular formula is C19H22N2O5. The third-order valence-corrected chi connectivity index (χ3v) is 4.84. The number of carbonyl (C=O) groups is 1. The van der Waals surface area contributed by atoms with E-state index < -0.39 is 0 Å². The molecule has 7 nitrogen and oxygen atoms in total. The van der Waals surface area contributed by atoms with Crippen LogP contribution in [-0.2, 0) is 6.61 Å². The Morgan fingerprint density at radius 2 is 2.19 bits per heavy atom. The van der Waals surface area contributed by atoms with Crippen LogP contribution in [0, 0.1) is 0 Å². The second-order valence-corrected chi connectivity index (χ2v) is 6.49. The van der Waals surface area contributed by atoms with E-state index in [4.69, 9.17) is 18.6 Å². The van der Waals surface area contributed by atoms with Crippen molar-refractivity contribution >= 4 is 5.91 Å². The number of nitrogens with zero attached hydrogens (tertiary/aromatic N) is 2. The lowest BCUT2D eigenvalue weighted by molar-refractivity contribution is 0.0602. The monoisotopic (exact) mass is 358 g/mol. The fourth-order valence-electron chi connectivity index (χ4n) is 3.43. The average Bonchev–Trinajstić information content (AvgIpc) is 3.34. The van der Waals surface area contributed by atoms with Gasteiger partial charge in [0, 0.05) is 18.7 Å². The first-order chi connectivity index (χ1) is 12.7. The van der Waals surface area contributed by atoms with Crippen molar-refractivity contribution in [3.05, 3.63) is 36.0 Å². The zero-order valence-corrected chi connectivity index (χ0v) is 14.8. The normalized spacial score (nSPS) is 18.8. The Balaban J connectivity index is 1.39. The van der Waals surface area contributed by atoms with Gasteiger partial charge >= 0.3 is 0 Å². The number of likely N-dealkylation sites (tertiary alicyclic amines) is 1. The molecule has 0 N–H and O–H groups in total. The highest BCUT2D eigenvalue weighted by Crippen LogP contribution is 2.35. The summed E-state index contributed by atoms with van der Waals surface area (Å²) in [6.45, 7) is 3.26. The van der Waals surface area contributed by atoms with Crippen LogP contribution in [0.15, 0.2) is 28.9 Å². The number of rotatable bonds is 5. The van der Waals surface area contributed by atoms with Crippen molar-refractivity contribution in [1.29, 1.82) is 0 Å². The molecule has 1 aromatic heterocycles. The fraction of sp³-hybridized carbons (Fsp3) is 0.474. The third kappa shape index (κ3) is 3.34. The van der Waals surface area contributed by atoms with E-state index in [9.17, 15) is 4.79 Å². The van der Waals surface area contributed by atoms with E-state index in [1.54, 1.807) is 18.2 Å². The number of hydrogen-bond acceptors (Lipinski definition) is 6.